The summed E-state index contributed by atoms with van der Waals surface area (Å²) in [7, 11) is 2.66. The van der Waals surface area contributed by atoms with Crippen molar-refractivity contribution in [1.29, 1.82) is 0 Å². The van der Waals surface area contributed by atoms with E-state index in [9.17, 15) is 18.4 Å². The summed E-state index contributed by atoms with van der Waals surface area (Å²) in [5.41, 5.74) is 1.06. The topological polar surface area (TPSA) is 58.6 Å². The lowest BCUT2D eigenvalue weighted by Crippen LogP contribution is -2.27. The van der Waals surface area contributed by atoms with Crippen molar-refractivity contribution < 1.29 is 23.1 Å². The van der Waals surface area contributed by atoms with Crippen molar-refractivity contribution in [2.45, 2.75) is 25.4 Å². The zero-order chi connectivity index (χ0) is 19.6. The van der Waals surface area contributed by atoms with Gasteiger partial charge < -0.3 is 15.0 Å². The molecule has 0 bridgehead atoms. The molecule has 5 nitrogen and oxygen atoms in total. The van der Waals surface area contributed by atoms with E-state index in [0.717, 1.165) is 37.6 Å². The fourth-order valence-electron chi connectivity index (χ4n) is 2.69. The molecule has 0 aromatic heterocycles. The lowest BCUT2D eigenvalue weighted by Gasteiger charge is -2.18. The summed E-state index contributed by atoms with van der Waals surface area (Å²) >= 11 is 0. The first kappa shape index (κ1) is 18.8. The number of nitrogens with one attached hydrogen (secondary N) is 1. The van der Waals surface area contributed by atoms with Crippen molar-refractivity contribution in [2.24, 2.45) is 0 Å². The Morgan fingerprint density at radius 2 is 1.81 bits per heavy atom. The van der Waals surface area contributed by atoms with Gasteiger partial charge in [-0.05, 0) is 42.7 Å². The molecule has 2 aromatic carbocycles. The fraction of sp³-hybridized carbons (Fsp3) is 0.300. The number of amides is 2. The number of benzene rings is 2. The first-order valence-corrected chi connectivity index (χ1v) is 8.58. The van der Waals surface area contributed by atoms with Crippen LogP contribution in [0.5, 0.6) is 5.75 Å². The van der Waals surface area contributed by atoms with E-state index in [2.05, 4.69) is 10.1 Å². The summed E-state index contributed by atoms with van der Waals surface area (Å²) in [6.45, 7) is 0.211. The predicted molar refractivity (Wildman–Crippen MR) is 95.6 cm³/mol. The van der Waals surface area contributed by atoms with Crippen molar-refractivity contribution in [3.63, 3.8) is 0 Å². The number of hydrogen-bond acceptors (Lipinski definition) is 3. The summed E-state index contributed by atoms with van der Waals surface area (Å²) < 4.78 is 32.5. The Balaban J connectivity index is 1.68. The normalized spacial score (nSPS) is 13.2. The predicted octanol–water partition coefficient (Wildman–Crippen LogP) is 3.14. The molecule has 1 aliphatic rings. The standard InChI is InChI=1S/C20H20F2N2O3/c1-24(20(26)15-9-10-16(21)18(27-2)17(15)22)11-12-3-5-13(6-4-12)19(25)23-14-7-8-14/h3-6,9-10,14H,7-8,11H2,1-2H3,(H,23,25). The SMILES string of the molecule is COc1c(F)ccc(C(=O)N(C)Cc2ccc(C(=O)NC3CC3)cc2)c1F. The Labute approximate surface area is 155 Å². The molecule has 0 aliphatic heterocycles. The summed E-state index contributed by atoms with van der Waals surface area (Å²) in [6.07, 6.45) is 2.03. The first-order valence-electron chi connectivity index (χ1n) is 8.58. The molecule has 0 radical (unpaired) electrons. The largest absolute Gasteiger partial charge is 0.491 e. The Bertz CT molecular complexity index is 864. The fourth-order valence-corrected chi connectivity index (χ4v) is 2.69. The Kier molecular flexibility index (Phi) is 5.39. The molecule has 27 heavy (non-hydrogen) atoms. The van der Waals surface area contributed by atoms with Crippen LogP contribution in [0, 0.1) is 11.6 Å². The molecule has 2 amide bonds. The van der Waals surface area contributed by atoms with Crippen LogP contribution in [0.2, 0.25) is 0 Å². The molecule has 0 atom stereocenters. The second kappa shape index (κ2) is 7.73. The molecule has 1 fully saturated rings. The molecule has 2 aromatic rings. The van der Waals surface area contributed by atoms with Crippen LogP contribution in [0.25, 0.3) is 0 Å². The number of halogens is 2. The molecule has 7 heteroatoms. The smallest absolute Gasteiger partial charge is 0.257 e. The lowest BCUT2D eigenvalue weighted by molar-refractivity contribution is 0.0779. The van der Waals surface area contributed by atoms with E-state index in [0.29, 0.717) is 5.56 Å². The van der Waals surface area contributed by atoms with Gasteiger partial charge in [-0.25, -0.2) is 8.78 Å². The second-order valence-electron chi connectivity index (χ2n) is 6.55. The van der Waals surface area contributed by atoms with Crippen LogP contribution in [0.15, 0.2) is 36.4 Å². The monoisotopic (exact) mass is 374 g/mol. The number of carbonyl (C=O) groups excluding carboxylic acids is 2. The quantitative estimate of drug-likeness (QED) is 0.845. The number of methoxy groups -OCH3 is 1. The number of hydrogen-bond donors (Lipinski definition) is 1. The molecule has 0 unspecified atom stereocenters. The summed E-state index contributed by atoms with van der Waals surface area (Å²) in [5, 5.41) is 2.90. The van der Waals surface area contributed by atoms with Crippen LogP contribution < -0.4 is 10.1 Å². The van der Waals surface area contributed by atoms with Gasteiger partial charge in [0.05, 0.1) is 12.7 Å². The van der Waals surface area contributed by atoms with Crippen molar-refractivity contribution in [3.8, 4) is 5.75 Å². The Morgan fingerprint density at radius 3 is 2.41 bits per heavy atom. The Hall–Kier alpha value is -2.96. The van der Waals surface area contributed by atoms with E-state index in [1.165, 1.54) is 11.9 Å². The molecule has 0 spiro atoms. The molecule has 1 saturated carbocycles. The molecule has 1 N–H and O–H groups in total. The van der Waals surface area contributed by atoms with Crippen molar-refractivity contribution >= 4 is 11.8 Å². The van der Waals surface area contributed by atoms with Crippen LogP contribution >= 0.6 is 0 Å². The zero-order valence-electron chi connectivity index (χ0n) is 15.1. The molecule has 3 rings (SSSR count). The van der Waals surface area contributed by atoms with E-state index in [1.54, 1.807) is 24.3 Å². The number of ether oxygens (including phenoxy) is 1. The highest BCUT2D eigenvalue weighted by atomic mass is 19.1. The second-order valence-corrected chi connectivity index (χ2v) is 6.55. The van der Waals surface area contributed by atoms with Gasteiger partial charge in [0, 0.05) is 25.2 Å². The highest BCUT2D eigenvalue weighted by Gasteiger charge is 2.24. The summed E-state index contributed by atoms with van der Waals surface area (Å²) in [6, 6.07) is 9.23. The Morgan fingerprint density at radius 1 is 1.15 bits per heavy atom. The minimum absolute atomic E-state index is 0.117. The average molecular weight is 374 g/mol. The lowest BCUT2D eigenvalue weighted by atomic mass is 10.1. The van der Waals surface area contributed by atoms with Crippen LogP contribution in [-0.4, -0.2) is 36.9 Å². The maximum atomic E-state index is 14.3. The highest BCUT2D eigenvalue weighted by molar-refractivity contribution is 5.95. The molecular weight excluding hydrogens is 354 g/mol. The van der Waals surface area contributed by atoms with Gasteiger partial charge in [-0.2, -0.15) is 0 Å². The molecular formula is C20H20F2N2O3. The van der Waals surface area contributed by atoms with E-state index >= 15 is 0 Å². The first-order chi connectivity index (χ1) is 12.9. The number of carbonyl (C=O) groups is 2. The third kappa shape index (κ3) is 4.24. The summed E-state index contributed by atoms with van der Waals surface area (Å²) in [4.78, 5) is 25.8. The van der Waals surface area contributed by atoms with E-state index in [1.807, 2.05) is 0 Å². The third-order valence-electron chi connectivity index (χ3n) is 4.38. The van der Waals surface area contributed by atoms with Crippen LogP contribution in [0.4, 0.5) is 8.78 Å². The van der Waals surface area contributed by atoms with Gasteiger partial charge in [-0.1, -0.05) is 12.1 Å². The van der Waals surface area contributed by atoms with Gasteiger partial charge in [0.2, 0.25) is 0 Å². The minimum Gasteiger partial charge on any atom is -0.491 e. The molecule has 0 heterocycles. The van der Waals surface area contributed by atoms with Gasteiger partial charge in [-0.15, -0.1) is 0 Å². The van der Waals surface area contributed by atoms with Gasteiger partial charge in [0.15, 0.2) is 17.4 Å². The maximum Gasteiger partial charge on any atom is 0.257 e. The third-order valence-corrected chi connectivity index (χ3v) is 4.38. The summed E-state index contributed by atoms with van der Waals surface area (Å²) in [5.74, 6) is -3.19. The minimum atomic E-state index is -1.03. The van der Waals surface area contributed by atoms with Crippen LogP contribution in [0.3, 0.4) is 0 Å². The number of rotatable bonds is 6. The highest BCUT2D eigenvalue weighted by Crippen LogP contribution is 2.25. The molecule has 1 aliphatic carbocycles. The van der Waals surface area contributed by atoms with Gasteiger partial charge in [0.1, 0.15) is 0 Å². The van der Waals surface area contributed by atoms with E-state index < -0.39 is 23.3 Å². The van der Waals surface area contributed by atoms with Crippen molar-refractivity contribution in [1.82, 2.24) is 10.2 Å². The van der Waals surface area contributed by atoms with Gasteiger partial charge in [-0.3, -0.25) is 9.59 Å². The van der Waals surface area contributed by atoms with E-state index in [4.69, 9.17) is 0 Å². The van der Waals surface area contributed by atoms with Gasteiger partial charge >= 0.3 is 0 Å². The van der Waals surface area contributed by atoms with Crippen LogP contribution in [0.1, 0.15) is 39.1 Å². The van der Waals surface area contributed by atoms with Gasteiger partial charge in [0.25, 0.3) is 11.8 Å². The molecule has 142 valence electrons. The van der Waals surface area contributed by atoms with Crippen molar-refractivity contribution in [3.05, 3.63) is 64.7 Å². The number of nitrogens with zero attached hydrogens (tertiary/aromatic N) is 1. The van der Waals surface area contributed by atoms with Crippen LogP contribution in [-0.2, 0) is 6.54 Å². The zero-order valence-corrected chi connectivity index (χ0v) is 15.1. The average Bonchev–Trinajstić information content (AvgIpc) is 3.46. The molecule has 0 saturated heterocycles. The van der Waals surface area contributed by atoms with Crippen molar-refractivity contribution in [2.75, 3.05) is 14.2 Å². The van der Waals surface area contributed by atoms with E-state index in [-0.39, 0.29) is 24.1 Å². The maximum absolute atomic E-state index is 14.3.